The second kappa shape index (κ2) is 7.50. The summed E-state index contributed by atoms with van der Waals surface area (Å²) in [5.74, 6) is 0.445. The molecule has 0 saturated heterocycles. The first-order chi connectivity index (χ1) is 14.1. The molecule has 1 N–H and O–H groups in total. The van der Waals surface area contributed by atoms with Gasteiger partial charge < -0.3 is 24.1 Å². The fourth-order valence-electron chi connectivity index (χ4n) is 3.86. The number of hydrogen-bond donors (Lipinski definition) is 1. The number of hydrogen-bond acceptors (Lipinski definition) is 5. The van der Waals surface area contributed by atoms with E-state index in [1.54, 1.807) is 36.3 Å². The minimum atomic E-state index is -0.383. The number of methoxy groups -OCH3 is 3. The lowest BCUT2D eigenvalue weighted by molar-refractivity contribution is 0.0600. The fraction of sp³-hybridized carbons (Fsp3) is 0.273. The maximum absolute atomic E-state index is 13.2. The van der Waals surface area contributed by atoms with Crippen LogP contribution in [0.3, 0.4) is 0 Å². The Morgan fingerprint density at radius 3 is 2.62 bits per heavy atom. The Hall–Kier alpha value is -3.48. The molecule has 1 aromatic heterocycles. The molecule has 7 heteroatoms. The summed E-state index contributed by atoms with van der Waals surface area (Å²) in [5, 5.41) is 0.929. The number of esters is 1. The fourth-order valence-corrected chi connectivity index (χ4v) is 3.86. The quantitative estimate of drug-likeness (QED) is 0.688. The third-order valence-corrected chi connectivity index (χ3v) is 5.32. The van der Waals surface area contributed by atoms with Crippen molar-refractivity contribution < 1.29 is 23.8 Å². The highest BCUT2D eigenvalue weighted by atomic mass is 16.5. The summed E-state index contributed by atoms with van der Waals surface area (Å²) < 4.78 is 15.6. The molecule has 4 rings (SSSR count). The van der Waals surface area contributed by atoms with Crippen molar-refractivity contribution >= 4 is 22.8 Å². The summed E-state index contributed by atoms with van der Waals surface area (Å²) in [7, 11) is 4.43. The first-order valence-corrected chi connectivity index (χ1v) is 9.29. The molecule has 0 unspecified atom stereocenters. The maximum Gasteiger partial charge on any atom is 0.337 e. The Balaban J connectivity index is 1.69. The van der Waals surface area contributed by atoms with Crippen molar-refractivity contribution in [3.05, 3.63) is 58.8 Å². The van der Waals surface area contributed by atoms with Crippen molar-refractivity contribution in [3.8, 4) is 11.5 Å². The van der Waals surface area contributed by atoms with E-state index in [0.29, 0.717) is 42.1 Å². The van der Waals surface area contributed by atoms with Crippen LogP contribution in [0.25, 0.3) is 10.9 Å². The van der Waals surface area contributed by atoms with E-state index in [9.17, 15) is 9.59 Å². The van der Waals surface area contributed by atoms with E-state index >= 15 is 0 Å². The Labute approximate surface area is 168 Å². The molecule has 2 heterocycles. The largest absolute Gasteiger partial charge is 0.493 e. The average Bonchev–Trinajstić information content (AvgIpc) is 3.14. The molecular formula is C22H22N2O5. The van der Waals surface area contributed by atoms with Crippen molar-refractivity contribution in [2.24, 2.45) is 0 Å². The predicted octanol–water partition coefficient (Wildman–Crippen LogP) is 3.17. The normalized spacial score (nSPS) is 13.1. The third kappa shape index (κ3) is 3.18. The van der Waals surface area contributed by atoms with Crippen LogP contribution in [0, 0.1) is 0 Å². The summed E-state index contributed by atoms with van der Waals surface area (Å²) in [6.07, 6.45) is 0.704. The topological polar surface area (TPSA) is 80.9 Å². The standard InChI is InChI=1S/C22H22N2O5/c1-27-19-6-4-5-14(20(19)28-2)21(25)24-10-9-18-16(12-24)15-11-13(22(26)29-3)7-8-17(15)23-18/h4-8,11,23H,9-10,12H2,1-3H3. The van der Waals surface area contributed by atoms with Gasteiger partial charge in [-0.25, -0.2) is 4.79 Å². The van der Waals surface area contributed by atoms with Gasteiger partial charge in [0.25, 0.3) is 5.91 Å². The van der Waals surface area contributed by atoms with Crippen LogP contribution < -0.4 is 9.47 Å². The highest BCUT2D eigenvalue weighted by Gasteiger charge is 2.27. The summed E-state index contributed by atoms with van der Waals surface area (Å²) in [6.45, 7) is 1.03. The molecule has 1 aliphatic rings. The number of carbonyl (C=O) groups excluding carboxylic acids is 2. The lowest BCUT2D eigenvalue weighted by atomic mass is 10.0. The van der Waals surface area contributed by atoms with Crippen molar-refractivity contribution in [2.45, 2.75) is 13.0 Å². The monoisotopic (exact) mass is 394 g/mol. The zero-order valence-corrected chi connectivity index (χ0v) is 16.6. The molecule has 3 aromatic rings. The van der Waals surface area contributed by atoms with Gasteiger partial charge in [-0.05, 0) is 30.3 Å². The van der Waals surface area contributed by atoms with Gasteiger partial charge in [-0.1, -0.05) is 6.07 Å². The van der Waals surface area contributed by atoms with Crippen LogP contribution in [0.15, 0.2) is 36.4 Å². The van der Waals surface area contributed by atoms with Crippen molar-refractivity contribution in [2.75, 3.05) is 27.9 Å². The average molecular weight is 394 g/mol. The van der Waals surface area contributed by atoms with E-state index in [2.05, 4.69) is 4.98 Å². The van der Waals surface area contributed by atoms with Gasteiger partial charge in [-0.2, -0.15) is 0 Å². The van der Waals surface area contributed by atoms with Crippen molar-refractivity contribution in [1.82, 2.24) is 9.88 Å². The van der Waals surface area contributed by atoms with Crippen molar-refractivity contribution in [3.63, 3.8) is 0 Å². The number of nitrogens with one attached hydrogen (secondary N) is 1. The maximum atomic E-state index is 13.2. The van der Waals surface area contributed by atoms with Gasteiger partial charge in [0.2, 0.25) is 0 Å². The molecule has 7 nitrogen and oxygen atoms in total. The number of ether oxygens (including phenoxy) is 3. The van der Waals surface area contributed by atoms with Gasteiger partial charge in [-0.3, -0.25) is 4.79 Å². The smallest absolute Gasteiger partial charge is 0.337 e. The highest BCUT2D eigenvalue weighted by molar-refractivity contribution is 5.99. The number of aromatic amines is 1. The van der Waals surface area contributed by atoms with Crippen molar-refractivity contribution in [1.29, 1.82) is 0 Å². The third-order valence-electron chi connectivity index (χ3n) is 5.32. The lowest BCUT2D eigenvalue weighted by Crippen LogP contribution is -2.36. The lowest BCUT2D eigenvalue weighted by Gasteiger charge is -2.28. The second-order valence-corrected chi connectivity index (χ2v) is 6.85. The molecule has 0 bridgehead atoms. The number of benzene rings is 2. The molecule has 29 heavy (non-hydrogen) atoms. The number of rotatable bonds is 4. The molecule has 0 radical (unpaired) electrons. The van der Waals surface area contributed by atoms with Gasteiger partial charge >= 0.3 is 5.97 Å². The minimum Gasteiger partial charge on any atom is -0.493 e. The number of para-hydroxylation sites is 1. The summed E-state index contributed by atoms with van der Waals surface area (Å²) in [4.78, 5) is 30.4. The minimum absolute atomic E-state index is 0.120. The van der Waals surface area contributed by atoms with E-state index in [4.69, 9.17) is 14.2 Å². The van der Waals surface area contributed by atoms with Crippen LogP contribution in [-0.2, 0) is 17.7 Å². The van der Waals surface area contributed by atoms with Crippen LogP contribution >= 0.6 is 0 Å². The zero-order valence-electron chi connectivity index (χ0n) is 16.6. The SMILES string of the molecule is COC(=O)c1ccc2[nH]c3c(c2c1)CN(C(=O)c1cccc(OC)c1OC)CC3. The van der Waals surface area contributed by atoms with Crippen LogP contribution in [0.5, 0.6) is 11.5 Å². The molecule has 2 aromatic carbocycles. The molecule has 0 atom stereocenters. The number of carbonyl (C=O) groups is 2. The van der Waals surface area contributed by atoms with Gasteiger partial charge in [0.1, 0.15) is 0 Å². The van der Waals surface area contributed by atoms with Gasteiger partial charge in [0, 0.05) is 41.7 Å². The number of fused-ring (bicyclic) bond motifs is 3. The Morgan fingerprint density at radius 1 is 1.07 bits per heavy atom. The molecule has 150 valence electrons. The van der Waals surface area contributed by atoms with Crippen LogP contribution in [0.1, 0.15) is 32.0 Å². The second-order valence-electron chi connectivity index (χ2n) is 6.85. The molecule has 0 spiro atoms. The first-order valence-electron chi connectivity index (χ1n) is 9.29. The Kier molecular flexibility index (Phi) is 4.88. The van der Waals surface area contributed by atoms with Crippen LogP contribution in [0.4, 0.5) is 0 Å². The number of amides is 1. The summed E-state index contributed by atoms with van der Waals surface area (Å²) >= 11 is 0. The van der Waals surface area contributed by atoms with E-state index in [1.807, 2.05) is 12.1 Å². The highest BCUT2D eigenvalue weighted by Crippen LogP contribution is 2.34. The van der Waals surface area contributed by atoms with E-state index < -0.39 is 0 Å². The Morgan fingerprint density at radius 2 is 1.90 bits per heavy atom. The first kappa shape index (κ1) is 18.9. The van der Waals surface area contributed by atoms with Crippen LogP contribution in [-0.4, -0.2) is 49.6 Å². The number of nitrogens with zero attached hydrogens (tertiary/aromatic N) is 1. The Bertz CT molecular complexity index is 1100. The molecular weight excluding hydrogens is 372 g/mol. The molecule has 0 aliphatic carbocycles. The van der Waals surface area contributed by atoms with Gasteiger partial charge in [0.05, 0.1) is 32.5 Å². The molecule has 0 fully saturated rings. The predicted molar refractivity (Wildman–Crippen MR) is 108 cm³/mol. The molecule has 0 saturated carbocycles. The number of H-pyrrole nitrogens is 1. The van der Waals surface area contributed by atoms with Gasteiger partial charge in [0.15, 0.2) is 11.5 Å². The summed E-state index contributed by atoms with van der Waals surface area (Å²) in [6, 6.07) is 10.7. The summed E-state index contributed by atoms with van der Waals surface area (Å²) in [5.41, 5.74) is 4.00. The zero-order chi connectivity index (χ0) is 20.5. The van der Waals surface area contributed by atoms with E-state index in [1.165, 1.54) is 14.2 Å². The van der Waals surface area contributed by atoms with Crippen LogP contribution in [0.2, 0.25) is 0 Å². The molecule has 1 amide bonds. The molecule has 1 aliphatic heterocycles. The van der Waals surface area contributed by atoms with E-state index in [-0.39, 0.29) is 11.9 Å². The number of aromatic nitrogens is 1. The van der Waals surface area contributed by atoms with Gasteiger partial charge in [-0.15, -0.1) is 0 Å². The van der Waals surface area contributed by atoms with E-state index in [0.717, 1.165) is 22.2 Å².